The lowest BCUT2D eigenvalue weighted by Gasteiger charge is -2.44. The highest BCUT2D eigenvalue weighted by Crippen LogP contribution is 2.44. The summed E-state index contributed by atoms with van der Waals surface area (Å²) in [5, 5.41) is 13.1. The number of morpholine rings is 1. The number of nitrogens with zero attached hydrogens (tertiary/aromatic N) is 5. The first-order chi connectivity index (χ1) is 35.7. The molecule has 3 atom stereocenters. The van der Waals surface area contributed by atoms with Crippen molar-refractivity contribution in [3.05, 3.63) is 119 Å². The lowest BCUT2D eigenvalue weighted by Crippen LogP contribution is -2.51. The van der Waals surface area contributed by atoms with Gasteiger partial charge in [0.1, 0.15) is 4.90 Å². The average molecular weight is 1120 g/mol. The van der Waals surface area contributed by atoms with E-state index in [4.69, 9.17) is 16.3 Å². The molecule has 8 rings (SSSR count). The molecular formula is C53H65ClF3N7O8S3. The van der Waals surface area contributed by atoms with Gasteiger partial charge in [0.05, 0.1) is 23.8 Å². The number of nitrogens with one attached hydrogen (secondary N) is 2. The Morgan fingerprint density at radius 2 is 1.56 bits per heavy atom. The summed E-state index contributed by atoms with van der Waals surface area (Å²) in [7, 11) is -11.0. The summed E-state index contributed by atoms with van der Waals surface area (Å²) in [6.45, 7) is 13.6. The predicted molar refractivity (Wildman–Crippen MR) is 287 cm³/mol. The first-order valence-electron chi connectivity index (χ1n) is 25.2. The van der Waals surface area contributed by atoms with Crippen LogP contribution in [0.15, 0.2) is 117 Å². The average Bonchev–Trinajstić information content (AvgIpc) is 3.38. The minimum atomic E-state index is -6.09. The fourth-order valence-corrected chi connectivity index (χ4v) is 13.6. The van der Waals surface area contributed by atoms with Crippen LogP contribution in [0.3, 0.4) is 0 Å². The van der Waals surface area contributed by atoms with Crippen LogP contribution in [0.2, 0.25) is 5.02 Å². The molecule has 3 saturated heterocycles. The van der Waals surface area contributed by atoms with Crippen molar-refractivity contribution in [2.45, 2.75) is 71.8 Å². The van der Waals surface area contributed by atoms with Crippen molar-refractivity contribution in [1.82, 2.24) is 24.3 Å². The van der Waals surface area contributed by atoms with E-state index in [1.807, 2.05) is 54.1 Å². The Balaban J connectivity index is 0.916. The topological polar surface area (TPSA) is 172 Å². The summed E-state index contributed by atoms with van der Waals surface area (Å²) in [5.74, 6) is -0.694. The molecule has 4 aromatic carbocycles. The second-order valence-corrected chi connectivity index (χ2v) is 25.3. The lowest BCUT2D eigenvalue weighted by atomic mass is 9.71. The van der Waals surface area contributed by atoms with Gasteiger partial charge in [-0.3, -0.25) is 19.5 Å². The van der Waals surface area contributed by atoms with Crippen molar-refractivity contribution >= 4 is 72.2 Å². The number of piperazine rings is 2. The van der Waals surface area contributed by atoms with Crippen LogP contribution in [0, 0.1) is 5.41 Å². The molecular weight excluding hydrogens is 1050 g/mol. The van der Waals surface area contributed by atoms with Gasteiger partial charge in [-0.2, -0.15) is 13.2 Å². The summed E-state index contributed by atoms with van der Waals surface area (Å²) in [6, 6.07) is 25.7. The summed E-state index contributed by atoms with van der Waals surface area (Å²) >= 11 is 7.73. The molecule has 1 unspecified atom stereocenters. The van der Waals surface area contributed by atoms with Gasteiger partial charge >= 0.3 is 11.6 Å². The van der Waals surface area contributed by atoms with Crippen LogP contribution >= 0.6 is 23.4 Å². The van der Waals surface area contributed by atoms with E-state index in [0.717, 1.165) is 73.7 Å². The summed E-state index contributed by atoms with van der Waals surface area (Å²) in [5.41, 5.74) is -1.50. The molecule has 3 aliphatic heterocycles. The zero-order chi connectivity index (χ0) is 53.5. The third-order valence-corrected chi connectivity index (χ3v) is 19.0. The van der Waals surface area contributed by atoms with Crippen molar-refractivity contribution in [1.29, 1.82) is 0 Å². The van der Waals surface area contributed by atoms with Crippen molar-refractivity contribution in [3.63, 3.8) is 0 Å². The van der Waals surface area contributed by atoms with Crippen LogP contribution < -0.4 is 14.9 Å². The molecule has 3 N–H and O–H groups in total. The molecule has 406 valence electrons. The van der Waals surface area contributed by atoms with Gasteiger partial charge < -0.3 is 25.0 Å². The van der Waals surface area contributed by atoms with E-state index in [9.17, 15) is 44.7 Å². The third kappa shape index (κ3) is 14.4. The number of rotatable bonds is 18. The normalized spacial score (nSPS) is 21.2. The number of halogens is 4. The van der Waals surface area contributed by atoms with Crippen molar-refractivity contribution < 1.29 is 49.4 Å². The van der Waals surface area contributed by atoms with E-state index in [1.165, 1.54) is 39.9 Å². The molecule has 22 heteroatoms. The second-order valence-electron chi connectivity index (χ2n) is 20.2. The van der Waals surface area contributed by atoms with E-state index in [0.29, 0.717) is 88.8 Å². The van der Waals surface area contributed by atoms with E-state index in [1.54, 1.807) is 12.1 Å². The Kier molecular flexibility index (Phi) is 18.2. The van der Waals surface area contributed by atoms with Crippen molar-refractivity contribution in [2.24, 2.45) is 5.41 Å². The number of hydrogen-bond acceptors (Lipinski definition) is 13. The zero-order valence-electron chi connectivity index (χ0n) is 42.1. The molecule has 4 aromatic rings. The molecule has 0 aromatic heterocycles. The second kappa shape index (κ2) is 24.2. The Bertz CT molecular complexity index is 2890. The van der Waals surface area contributed by atoms with E-state index in [2.05, 4.69) is 44.0 Å². The molecule has 3 heterocycles. The number of sulfonamides is 1. The Labute approximate surface area is 447 Å². The number of alkyl halides is 3. The van der Waals surface area contributed by atoms with Crippen LogP contribution in [-0.2, 0) is 24.6 Å². The molecule has 3 fully saturated rings. The SMILES string of the molecule is C[C@@H]1COCCN1CCC(CSc1ccccc1)Nc1ccc(S(=O)(=O)NC(=O)c2ccc(N3CCN(CC4=C(c5ccc(Cl)cc5)CC[C@@](C)(CN5CCN(C(=O)O)CC5)C4)CC3)cc2)cc1S(=O)(=O)C(F)(F)F. The number of ether oxygens (including phenoxy) is 1. The van der Waals surface area contributed by atoms with Gasteiger partial charge in [-0.1, -0.05) is 54.4 Å². The van der Waals surface area contributed by atoms with Crippen LogP contribution in [0.4, 0.5) is 29.3 Å². The van der Waals surface area contributed by atoms with Gasteiger partial charge in [0.15, 0.2) is 0 Å². The molecule has 4 aliphatic rings. The van der Waals surface area contributed by atoms with Gasteiger partial charge in [0.25, 0.3) is 25.8 Å². The number of thioether (sulfide) groups is 1. The maximum absolute atomic E-state index is 14.3. The number of amides is 2. The largest absolute Gasteiger partial charge is 0.501 e. The minimum absolute atomic E-state index is 0.0132. The van der Waals surface area contributed by atoms with Gasteiger partial charge in [-0.15, -0.1) is 11.8 Å². The van der Waals surface area contributed by atoms with Crippen LogP contribution in [0.1, 0.15) is 55.5 Å². The summed E-state index contributed by atoms with van der Waals surface area (Å²) in [6.07, 6.45) is 2.37. The highest BCUT2D eigenvalue weighted by Gasteiger charge is 2.48. The number of benzene rings is 4. The Morgan fingerprint density at radius 1 is 0.880 bits per heavy atom. The highest BCUT2D eigenvalue weighted by molar-refractivity contribution is 7.99. The molecule has 0 radical (unpaired) electrons. The minimum Gasteiger partial charge on any atom is -0.465 e. The van der Waals surface area contributed by atoms with Gasteiger partial charge in [0, 0.05) is 118 Å². The predicted octanol–water partition coefficient (Wildman–Crippen LogP) is 8.50. The molecule has 75 heavy (non-hydrogen) atoms. The molecule has 0 spiro atoms. The number of hydrogen-bond donors (Lipinski definition) is 3. The number of carbonyl (C=O) groups excluding carboxylic acids is 1. The number of carbonyl (C=O) groups is 2. The maximum Gasteiger partial charge on any atom is 0.501 e. The molecule has 0 saturated carbocycles. The van der Waals surface area contributed by atoms with E-state index in [-0.39, 0.29) is 17.0 Å². The number of allylic oxidation sites excluding steroid dienone is 1. The molecule has 15 nitrogen and oxygen atoms in total. The third-order valence-electron chi connectivity index (χ3n) is 14.7. The monoisotopic (exact) mass is 1120 g/mol. The lowest BCUT2D eigenvalue weighted by molar-refractivity contribution is -0.0436. The van der Waals surface area contributed by atoms with Gasteiger partial charge in [-0.05, 0) is 116 Å². The van der Waals surface area contributed by atoms with E-state index >= 15 is 0 Å². The van der Waals surface area contributed by atoms with Crippen molar-refractivity contribution in [3.8, 4) is 0 Å². The van der Waals surface area contributed by atoms with Gasteiger partial charge in [0.2, 0.25) is 0 Å². The maximum atomic E-state index is 14.3. The Morgan fingerprint density at radius 3 is 2.21 bits per heavy atom. The number of carboxylic acid groups (broad SMARTS) is 1. The fraction of sp³-hybridized carbons (Fsp3) is 0.472. The summed E-state index contributed by atoms with van der Waals surface area (Å²) < 4.78 is 104. The Hall–Kier alpha value is -4.87. The first-order valence-corrected chi connectivity index (χ1v) is 29.5. The zero-order valence-corrected chi connectivity index (χ0v) is 45.3. The van der Waals surface area contributed by atoms with E-state index < -0.39 is 58.9 Å². The molecule has 0 bridgehead atoms. The summed E-state index contributed by atoms with van der Waals surface area (Å²) in [4.78, 5) is 34.5. The van der Waals surface area contributed by atoms with Crippen molar-refractivity contribution in [2.75, 3.05) is 108 Å². The molecule has 1 aliphatic carbocycles. The first kappa shape index (κ1) is 56.3. The highest BCUT2D eigenvalue weighted by atomic mass is 35.5. The number of sulfone groups is 1. The van der Waals surface area contributed by atoms with Crippen LogP contribution in [-0.4, -0.2) is 169 Å². The number of anilines is 2. The smallest absolute Gasteiger partial charge is 0.465 e. The fourth-order valence-electron chi connectivity index (χ4n) is 10.4. The standard InChI is InChI=1S/C53H65ClF3N7O8S3/c1-38-35-72-31-30-62(38)21-19-43(36-73-45-6-4-3-5-7-45)58-48-17-16-46(32-49(48)74(68,69)53(55,56)57)75(70,71)59-50(65)40-10-14-44(15-11-40)63-26-22-60(23-27-63)34-41-33-52(2,37-61-24-28-64(29-25-61)51(66)67)20-18-47(41)39-8-12-42(54)13-9-39/h3-17,32,38,43,58H,18-31,33-37H2,1-2H3,(H,59,65)(H,66,67)/t38-,43?,52-/m1/s1. The molecule has 2 amide bonds. The van der Waals surface area contributed by atoms with Gasteiger partial charge in [-0.25, -0.2) is 26.4 Å². The quantitative estimate of drug-likeness (QED) is 0.0810. The van der Waals surface area contributed by atoms with Crippen LogP contribution in [0.25, 0.3) is 5.57 Å². The van der Waals surface area contributed by atoms with Crippen LogP contribution in [0.5, 0.6) is 0 Å².